The van der Waals surface area contributed by atoms with Gasteiger partial charge in [-0.2, -0.15) is 5.10 Å². The van der Waals surface area contributed by atoms with E-state index in [-0.39, 0.29) is 23.0 Å². The minimum Gasteiger partial charge on any atom is -0.334 e. The van der Waals surface area contributed by atoms with E-state index in [0.717, 1.165) is 44.3 Å². The first-order chi connectivity index (χ1) is 12.0. The zero-order valence-corrected chi connectivity index (χ0v) is 17.8. The van der Waals surface area contributed by atoms with E-state index in [1.54, 1.807) is 0 Å². The molecule has 1 amide bonds. The lowest BCUT2D eigenvalue weighted by molar-refractivity contribution is 0.0436. The van der Waals surface area contributed by atoms with Gasteiger partial charge in [-0.1, -0.05) is 27.2 Å². The molecule has 2 heterocycles. The fraction of sp³-hybridized carbons (Fsp3) is 0.810. The Labute approximate surface area is 159 Å². The number of aromatic nitrogens is 2. The van der Waals surface area contributed by atoms with Crippen molar-refractivity contribution < 1.29 is 4.79 Å². The maximum absolute atomic E-state index is 13.3. The van der Waals surface area contributed by atoms with Crippen molar-refractivity contribution in [3.05, 3.63) is 17.5 Å². The maximum atomic E-state index is 13.3. The van der Waals surface area contributed by atoms with Gasteiger partial charge in [-0.15, -0.1) is 0 Å². The summed E-state index contributed by atoms with van der Waals surface area (Å²) in [4.78, 5) is 15.4. The van der Waals surface area contributed by atoms with Gasteiger partial charge in [-0.25, -0.2) is 0 Å². The normalized spacial score (nSPS) is 19.7. The third kappa shape index (κ3) is 5.57. The average molecular weight is 363 g/mol. The number of nitrogens with zero attached hydrogens (tertiary/aromatic N) is 2. The standard InChI is InChI=1S/C21H38N4O/c1-8-9-10-25(17-13-20(4,5)24-21(6,7)14-17)19(26)18-12-16(22-23-18)11-15(2)3/h12,15,17,24H,8-11,13-14H2,1-7H3,(H,22,23). The van der Waals surface area contributed by atoms with Crippen molar-refractivity contribution in [2.24, 2.45) is 5.92 Å². The first-order valence-corrected chi connectivity index (χ1v) is 10.2. The van der Waals surface area contributed by atoms with Crippen LogP contribution in [0.1, 0.15) is 90.3 Å². The van der Waals surface area contributed by atoms with Gasteiger partial charge in [-0.05, 0) is 65.4 Å². The fourth-order valence-corrected chi connectivity index (χ4v) is 4.43. The molecule has 0 saturated carbocycles. The molecule has 148 valence electrons. The molecule has 5 nitrogen and oxygen atoms in total. The number of aromatic amines is 1. The summed E-state index contributed by atoms with van der Waals surface area (Å²) in [5, 5.41) is 11.1. The van der Waals surface area contributed by atoms with E-state index in [1.807, 2.05) is 6.07 Å². The molecule has 26 heavy (non-hydrogen) atoms. The molecule has 0 radical (unpaired) electrons. The first kappa shape index (κ1) is 20.9. The molecular formula is C21H38N4O. The monoisotopic (exact) mass is 362 g/mol. The molecule has 1 aliphatic heterocycles. The number of carbonyl (C=O) groups excluding carboxylic acids is 1. The van der Waals surface area contributed by atoms with Gasteiger partial charge in [0.2, 0.25) is 0 Å². The zero-order chi connectivity index (χ0) is 19.5. The minimum absolute atomic E-state index is 0.0194. The van der Waals surface area contributed by atoms with Crippen LogP contribution >= 0.6 is 0 Å². The van der Waals surface area contributed by atoms with Gasteiger partial charge in [-0.3, -0.25) is 9.89 Å². The predicted octanol–water partition coefficient (Wildman–Crippen LogP) is 4.16. The highest BCUT2D eigenvalue weighted by molar-refractivity contribution is 5.92. The summed E-state index contributed by atoms with van der Waals surface area (Å²) in [6.45, 7) is 16.3. The van der Waals surface area contributed by atoms with E-state index < -0.39 is 0 Å². The Kier molecular flexibility index (Phi) is 6.54. The zero-order valence-electron chi connectivity index (χ0n) is 17.8. The summed E-state index contributed by atoms with van der Waals surface area (Å²) in [5.41, 5.74) is 1.65. The number of piperidine rings is 1. The number of amides is 1. The van der Waals surface area contributed by atoms with Crippen molar-refractivity contribution in [3.8, 4) is 0 Å². The van der Waals surface area contributed by atoms with Crippen LogP contribution in [0.25, 0.3) is 0 Å². The lowest BCUT2D eigenvalue weighted by Crippen LogP contribution is -2.63. The largest absolute Gasteiger partial charge is 0.334 e. The molecule has 1 fully saturated rings. The van der Waals surface area contributed by atoms with Crippen LogP contribution in [0.4, 0.5) is 0 Å². The number of rotatable bonds is 7. The summed E-state index contributed by atoms with van der Waals surface area (Å²) in [7, 11) is 0. The van der Waals surface area contributed by atoms with Gasteiger partial charge in [0.1, 0.15) is 5.69 Å². The van der Waals surface area contributed by atoms with Crippen molar-refractivity contribution in [3.63, 3.8) is 0 Å². The SMILES string of the molecule is CCCCN(C(=O)c1cc(CC(C)C)[nH]n1)C1CC(C)(C)NC(C)(C)C1. The van der Waals surface area contributed by atoms with E-state index in [2.05, 4.69) is 68.9 Å². The van der Waals surface area contributed by atoms with Crippen LogP contribution in [0.3, 0.4) is 0 Å². The van der Waals surface area contributed by atoms with E-state index in [0.29, 0.717) is 11.6 Å². The summed E-state index contributed by atoms with van der Waals surface area (Å²) >= 11 is 0. The highest BCUT2D eigenvalue weighted by atomic mass is 16.2. The molecule has 0 bridgehead atoms. The van der Waals surface area contributed by atoms with E-state index in [9.17, 15) is 4.79 Å². The second kappa shape index (κ2) is 8.12. The number of nitrogens with one attached hydrogen (secondary N) is 2. The number of carbonyl (C=O) groups is 1. The number of hydrogen-bond donors (Lipinski definition) is 2. The molecule has 5 heteroatoms. The molecular weight excluding hydrogens is 324 g/mol. The molecule has 2 N–H and O–H groups in total. The lowest BCUT2D eigenvalue weighted by atomic mass is 9.79. The van der Waals surface area contributed by atoms with Crippen LogP contribution in [0.2, 0.25) is 0 Å². The van der Waals surface area contributed by atoms with E-state index in [1.165, 1.54) is 0 Å². The van der Waals surface area contributed by atoms with E-state index in [4.69, 9.17) is 0 Å². The van der Waals surface area contributed by atoms with Gasteiger partial charge >= 0.3 is 0 Å². The van der Waals surface area contributed by atoms with Gasteiger partial charge in [0, 0.05) is 29.4 Å². The molecule has 2 rings (SSSR count). The highest BCUT2D eigenvalue weighted by Crippen LogP contribution is 2.32. The first-order valence-electron chi connectivity index (χ1n) is 10.2. The molecule has 0 unspecified atom stereocenters. The van der Waals surface area contributed by atoms with Gasteiger partial charge in [0.25, 0.3) is 5.91 Å². The van der Waals surface area contributed by atoms with Crippen molar-refractivity contribution in [2.75, 3.05) is 6.54 Å². The van der Waals surface area contributed by atoms with Crippen molar-refractivity contribution in [2.45, 2.75) is 97.7 Å². The Balaban J connectivity index is 2.23. The summed E-state index contributed by atoms with van der Waals surface area (Å²) in [6.07, 6.45) is 4.97. The van der Waals surface area contributed by atoms with E-state index >= 15 is 0 Å². The Bertz CT molecular complexity index is 587. The van der Waals surface area contributed by atoms with Gasteiger partial charge in [0.05, 0.1) is 0 Å². The van der Waals surface area contributed by atoms with Crippen LogP contribution in [0.15, 0.2) is 6.07 Å². The van der Waals surface area contributed by atoms with Crippen LogP contribution in [0, 0.1) is 5.92 Å². The Morgan fingerprint density at radius 1 is 1.27 bits per heavy atom. The number of unbranched alkanes of at least 4 members (excludes halogenated alkanes) is 1. The third-order valence-electron chi connectivity index (χ3n) is 5.10. The Morgan fingerprint density at radius 2 is 1.88 bits per heavy atom. The van der Waals surface area contributed by atoms with Gasteiger partial charge < -0.3 is 10.2 Å². The predicted molar refractivity (Wildman–Crippen MR) is 107 cm³/mol. The minimum atomic E-state index is 0.0194. The average Bonchev–Trinajstić information content (AvgIpc) is 2.91. The molecule has 1 saturated heterocycles. The highest BCUT2D eigenvalue weighted by Gasteiger charge is 2.41. The quantitative estimate of drug-likeness (QED) is 0.765. The van der Waals surface area contributed by atoms with Crippen molar-refractivity contribution >= 4 is 5.91 Å². The second-order valence-corrected chi connectivity index (χ2v) is 9.68. The number of hydrogen-bond acceptors (Lipinski definition) is 3. The summed E-state index contributed by atoms with van der Waals surface area (Å²) < 4.78 is 0. The van der Waals surface area contributed by atoms with Crippen molar-refractivity contribution in [1.82, 2.24) is 20.4 Å². The molecule has 1 aromatic heterocycles. The summed E-state index contributed by atoms with van der Waals surface area (Å²) in [5.74, 6) is 0.615. The Morgan fingerprint density at radius 3 is 2.42 bits per heavy atom. The third-order valence-corrected chi connectivity index (χ3v) is 5.10. The molecule has 0 spiro atoms. The topological polar surface area (TPSA) is 61.0 Å². The molecule has 0 atom stereocenters. The molecule has 0 aliphatic carbocycles. The lowest BCUT2D eigenvalue weighted by Gasteiger charge is -2.49. The second-order valence-electron chi connectivity index (χ2n) is 9.68. The van der Waals surface area contributed by atoms with Gasteiger partial charge in [0.15, 0.2) is 0 Å². The van der Waals surface area contributed by atoms with Crippen LogP contribution < -0.4 is 5.32 Å². The van der Waals surface area contributed by atoms with Crippen LogP contribution in [-0.4, -0.2) is 44.7 Å². The maximum Gasteiger partial charge on any atom is 0.274 e. The number of H-pyrrole nitrogens is 1. The Hall–Kier alpha value is -1.36. The molecule has 0 aromatic carbocycles. The molecule has 1 aromatic rings. The smallest absolute Gasteiger partial charge is 0.274 e. The summed E-state index contributed by atoms with van der Waals surface area (Å²) in [6, 6.07) is 2.18. The fourth-order valence-electron chi connectivity index (χ4n) is 4.43. The molecule has 1 aliphatic rings. The van der Waals surface area contributed by atoms with Crippen LogP contribution in [-0.2, 0) is 6.42 Å². The van der Waals surface area contributed by atoms with Crippen molar-refractivity contribution in [1.29, 1.82) is 0 Å². The van der Waals surface area contributed by atoms with Crippen LogP contribution in [0.5, 0.6) is 0 Å².